The largest absolute Gasteiger partial charge is 0.395 e. The SMILES string of the molecule is Cc1cc2c(c(C)c1CCO[C@@H]1O[C@H](CO)[C@@H](O)[C@H](O)[C@H]1O)C(=O)[C@](C)(CO)[C@@H]2O. The minimum absolute atomic E-state index is 0.0805. The summed E-state index contributed by atoms with van der Waals surface area (Å²) in [5.74, 6) is -0.305. The lowest BCUT2D eigenvalue weighted by Gasteiger charge is -2.39. The summed E-state index contributed by atoms with van der Waals surface area (Å²) in [4.78, 5) is 12.9. The molecule has 0 unspecified atom stereocenters. The summed E-state index contributed by atoms with van der Waals surface area (Å²) >= 11 is 0. The Morgan fingerprint density at radius 3 is 2.37 bits per heavy atom. The summed E-state index contributed by atoms with van der Waals surface area (Å²) in [6.07, 6.45) is -7.44. The number of rotatable bonds is 6. The van der Waals surface area contributed by atoms with E-state index < -0.39 is 55.4 Å². The van der Waals surface area contributed by atoms with E-state index in [1.807, 2.05) is 6.92 Å². The highest BCUT2D eigenvalue weighted by atomic mass is 16.7. The van der Waals surface area contributed by atoms with Crippen molar-refractivity contribution >= 4 is 5.78 Å². The van der Waals surface area contributed by atoms with Crippen LogP contribution in [-0.2, 0) is 15.9 Å². The first-order valence-electron chi connectivity index (χ1n) is 9.97. The van der Waals surface area contributed by atoms with Gasteiger partial charge >= 0.3 is 0 Å². The summed E-state index contributed by atoms with van der Waals surface area (Å²) in [5, 5.41) is 59.2. The maximum absolute atomic E-state index is 12.9. The molecule has 1 heterocycles. The fraction of sp³-hybridized carbons (Fsp3) is 0.667. The van der Waals surface area contributed by atoms with Gasteiger partial charge < -0.3 is 40.1 Å². The molecule has 1 fully saturated rings. The van der Waals surface area contributed by atoms with Crippen LogP contribution in [0.15, 0.2) is 6.07 Å². The molecule has 0 radical (unpaired) electrons. The second-order valence-electron chi connectivity index (χ2n) is 8.39. The molecule has 3 rings (SSSR count). The van der Waals surface area contributed by atoms with Crippen molar-refractivity contribution in [1.29, 1.82) is 0 Å². The topological polar surface area (TPSA) is 157 Å². The molecule has 1 aromatic rings. The molecule has 6 N–H and O–H groups in total. The monoisotopic (exact) mass is 426 g/mol. The summed E-state index contributed by atoms with van der Waals surface area (Å²) < 4.78 is 10.9. The zero-order valence-corrected chi connectivity index (χ0v) is 17.3. The van der Waals surface area contributed by atoms with Crippen LogP contribution in [0.25, 0.3) is 0 Å². The third kappa shape index (κ3) is 3.59. The normalized spacial score (nSPS) is 36.2. The lowest BCUT2D eigenvalue weighted by molar-refractivity contribution is -0.300. The molecule has 1 aliphatic carbocycles. The molecule has 168 valence electrons. The van der Waals surface area contributed by atoms with Gasteiger partial charge in [0.05, 0.1) is 31.3 Å². The molecule has 0 aromatic heterocycles. The van der Waals surface area contributed by atoms with E-state index in [2.05, 4.69) is 0 Å². The molecule has 1 aromatic carbocycles. The molecule has 30 heavy (non-hydrogen) atoms. The fourth-order valence-electron chi connectivity index (χ4n) is 4.35. The van der Waals surface area contributed by atoms with Crippen LogP contribution in [0.1, 0.15) is 45.6 Å². The molecule has 0 saturated carbocycles. The highest BCUT2D eigenvalue weighted by molar-refractivity contribution is 6.07. The number of ether oxygens (including phenoxy) is 2. The van der Waals surface area contributed by atoms with Crippen LogP contribution < -0.4 is 0 Å². The Bertz CT molecular complexity index is 808. The van der Waals surface area contributed by atoms with Gasteiger partial charge in [-0.1, -0.05) is 6.07 Å². The van der Waals surface area contributed by atoms with Crippen molar-refractivity contribution < 1.29 is 44.9 Å². The predicted molar refractivity (Wildman–Crippen MR) is 104 cm³/mol. The lowest BCUT2D eigenvalue weighted by Crippen LogP contribution is -2.59. The molecule has 0 amide bonds. The third-order valence-corrected chi connectivity index (χ3v) is 6.42. The van der Waals surface area contributed by atoms with Crippen LogP contribution in [-0.4, -0.2) is 86.9 Å². The zero-order valence-electron chi connectivity index (χ0n) is 17.3. The van der Waals surface area contributed by atoms with Crippen molar-refractivity contribution in [2.45, 2.75) is 64.0 Å². The average molecular weight is 426 g/mol. The van der Waals surface area contributed by atoms with Crippen LogP contribution >= 0.6 is 0 Å². The van der Waals surface area contributed by atoms with E-state index in [0.29, 0.717) is 23.1 Å². The van der Waals surface area contributed by atoms with Crippen molar-refractivity contribution in [1.82, 2.24) is 0 Å². The molecule has 0 spiro atoms. The Morgan fingerprint density at radius 2 is 1.77 bits per heavy atom. The van der Waals surface area contributed by atoms with E-state index in [1.54, 1.807) is 13.0 Å². The van der Waals surface area contributed by atoms with Gasteiger partial charge in [-0.2, -0.15) is 0 Å². The molecule has 9 heteroatoms. The number of ketones is 1. The van der Waals surface area contributed by atoms with Gasteiger partial charge in [-0.05, 0) is 49.4 Å². The number of fused-ring (bicyclic) bond motifs is 1. The highest BCUT2D eigenvalue weighted by Crippen LogP contribution is 2.47. The van der Waals surface area contributed by atoms with Gasteiger partial charge in [-0.15, -0.1) is 0 Å². The third-order valence-electron chi connectivity index (χ3n) is 6.42. The van der Waals surface area contributed by atoms with Gasteiger partial charge in [0, 0.05) is 5.56 Å². The van der Waals surface area contributed by atoms with E-state index >= 15 is 0 Å². The first-order valence-corrected chi connectivity index (χ1v) is 9.97. The van der Waals surface area contributed by atoms with Crippen molar-refractivity contribution in [2.75, 3.05) is 19.8 Å². The fourth-order valence-corrected chi connectivity index (χ4v) is 4.35. The first kappa shape index (κ1) is 23.2. The molecule has 2 aliphatic rings. The van der Waals surface area contributed by atoms with E-state index in [0.717, 1.165) is 11.1 Å². The van der Waals surface area contributed by atoms with E-state index in [4.69, 9.17) is 9.47 Å². The number of Topliss-reactive ketones (excluding diaryl/α,β-unsaturated/α-hetero) is 1. The number of hydrogen-bond donors (Lipinski definition) is 6. The molecular formula is C21H30O9. The Balaban J connectivity index is 1.76. The number of aliphatic hydroxyl groups excluding tert-OH is 6. The maximum atomic E-state index is 12.9. The van der Waals surface area contributed by atoms with Gasteiger partial charge in [-0.25, -0.2) is 0 Å². The number of carbonyl (C=O) groups is 1. The van der Waals surface area contributed by atoms with Crippen LogP contribution in [0.3, 0.4) is 0 Å². The van der Waals surface area contributed by atoms with Crippen molar-refractivity contribution in [3.8, 4) is 0 Å². The number of benzene rings is 1. The summed E-state index contributed by atoms with van der Waals surface area (Å²) in [6, 6.07) is 1.75. The summed E-state index contributed by atoms with van der Waals surface area (Å²) in [7, 11) is 0. The molecule has 1 saturated heterocycles. The second-order valence-corrected chi connectivity index (χ2v) is 8.39. The number of aliphatic hydroxyl groups is 6. The van der Waals surface area contributed by atoms with Crippen molar-refractivity contribution in [3.63, 3.8) is 0 Å². The standard InChI is InChI=1S/C21H30O9/c1-9-6-12-14(19(28)21(3,8-23)18(12)27)10(2)11(9)4-5-29-20-17(26)16(25)15(24)13(7-22)30-20/h6,13,15-18,20,22-27H,4-5,7-8H2,1-3H3/t13-,15-,16+,17-,18-,20-,21-/m1/s1. The van der Waals surface area contributed by atoms with Crippen LogP contribution in [0.2, 0.25) is 0 Å². The van der Waals surface area contributed by atoms with E-state index in [9.17, 15) is 35.4 Å². The zero-order chi connectivity index (χ0) is 22.4. The number of aryl methyl sites for hydroxylation is 1. The maximum Gasteiger partial charge on any atom is 0.186 e. The van der Waals surface area contributed by atoms with Gasteiger partial charge in [0.2, 0.25) is 0 Å². The molecule has 9 nitrogen and oxygen atoms in total. The molecule has 1 aliphatic heterocycles. The lowest BCUT2D eigenvalue weighted by atomic mass is 9.84. The smallest absolute Gasteiger partial charge is 0.186 e. The van der Waals surface area contributed by atoms with Gasteiger partial charge in [0.25, 0.3) is 0 Å². The average Bonchev–Trinajstić information content (AvgIpc) is 2.91. The van der Waals surface area contributed by atoms with E-state index in [1.165, 1.54) is 6.92 Å². The van der Waals surface area contributed by atoms with Gasteiger partial charge in [0.15, 0.2) is 12.1 Å². The Kier molecular flexibility index (Phi) is 6.66. The second kappa shape index (κ2) is 8.60. The van der Waals surface area contributed by atoms with Crippen molar-refractivity contribution in [3.05, 3.63) is 33.9 Å². The van der Waals surface area contributed by atoms with Gasteiger partial charge in [-0.3, -0.25) is 4.79 Å². The van der Waals surface area contributed by atoms with E-state index in [-0.39, 0.29) is 12.4 Å². The summed E-state index contributed by atoms with van der Waals surface area (Å²) in [6.45, 7) is 4.25. The predicted octanol–water partition coefficient (Wildman–Crippen LogP) is -1.11. The number of hydrogen-bond acceptors (Lipinski definition) is 9. The Labute approximate surface area is 174 Å². The summed E-state index contributed by atoms with van der Waals surface area (Å²) in [5.41, 5.74) is 2.02. The Hall–Kier alpha value is -1.43. The molecule has 7 atom stereocenters. The first-order chi connectivity index (χ1) is 14.1. The quantitative estimate of drug-likeness (QED) is 0.332. The van der Waals surface area contributed by atoms with Crippen LogP contribution in [0.5, 0.6) is 0 Å². The Morgan fingerprint density at radius 1 is 1.10 bits per heavy atom. The molecular weight excluding hydrogens is 396 g/mol. The minimum Gasteiger partial charge on any atom is -0.395 e. The van der Waals surface area contributed by atoms with Crippen molar-refractivity contribution in [2.24, 2.45) is 5.41 Å². The van der Waals surface area contributed by atoms with Gasteiger partial charge in [0.1, 0.15) is 24.4 Å². The van der Waals surface area contributed by atoms with Crippen LogP contribution in [0, 0.1) is 19.3 Å². The highest BCUT2D eigenvalue weighted by Gasteiger charge is 2.50. The van der Waals surface area contributed by atoms with Crippen LogP contribution in [0.4, 0.5) is 0 Å². The molecule has 0 bridgehead atoms. The number of carbonyl (C=O) groups excluding carboxylic acids is 1. The minimum atomic E-state index is -1.51.